The van der Waals surface area contributed by atoms with Crippen molar-refractivity contribution in [3.05, 3.63) is 84.2 Å². The van der Waals surface area contributed by atoms with Crippen LogP contribution in [0.15, 0.2) is 67.8 Å². The lowest BCUT2D eigenvalue weighted by Gasteiger charge is -2.30. The molecule has 2 atom stereocenters. The predicted octanol–water partition coefficient (Wildman–Crippen LogP) is 6.35. The number of hydrogen-bond acceptors (Lipinski definition) is 2. The van der Waals surface area contributed by atoms with Gasteiger partial charge in [-0.2, -0.15) is 0 Å². The number of rotatable bonds is 9. The second-order valence-electron chi connectivity index (χ2n) is 8.55. The number of halogens is 2. The highest BCUT2D eigenvalue weighted by Crippen LogP contribution is 2.41. The molecule has 30 heavy (non-hydrogen) atoms. The van der Waals surface area contributed by atoms with Crippen molar-refractivity contribution >= 4 is 17.4 Å². The second kappa shape index (κ2) is 9.72. The van der Waals surface area contributed by atoms with E-state index in [1.54, 1.807) is 12.1 Å². The maximum absolute atomic E-state index is 14.1. The summed E-state index contributed by atoms with van der Waals surface area (Å²) in [6.07, 6.45) is 6.07. The lowest BCUT2D eigenvalue weighted by atomic mass is 9.85. The lowest BCUT2D eigenvalue weighted by Crippen LogP contribution is -2.38. The average molecular weight is 426 g/mol. The number of carbonyl (C=O) groups excluding carboxylic acids is 1. The fourth-order valence-corrected chi connectivity index (χ4v) is 4.74. The van der Waals surface area contributed by atoms with Crippen molar-refractivity contribution in [3.63, 3.8) is 0 Å². The molecule has 0 bridgehead atoms. The quantitative estimate of drug-likeness (QED) is 0.436. The van der Waals surface area contributed by atoms with Crippen LogP contribution in [0, 0.1) is 17.2 Å². The van der Waals surface area contributed by atoms with Gasteiger partial charge in [0.1, 0.15) is 11.6 Å². The molecule has 0 N–H and O–H groups in total. The molecule has 1 aliphatic carbocycles. The highest BCUT2D eigenvalue weighted by molar-refractivity contribution is 6.30. The van der Waals surface area contributed by atoms with E-state index >= 15 is 0 Å². The van der Waals surface area contributed by atoms with E-state index in [1.165, 1.54) is 6.07 Å². The Morgan fingerprint density at radius 1 is 1.17 bits per heavy atom. The van der Waals surface area contributed by atoms with Gasteiger partial charge in [0.15, 0.2) is 0 Å². The fourth-order valence-electron chi connectivity index (χ4n) is 4.56. The summed E-state index contributed by atoms with van der Waals surface area (Å²) in [4.78, 5) is 15.0. The van der Waals surface area contributed by atoms with Crippen molar-refractivity contribution in [1.82, 2.24) is 4.90 Å². The summed E-state index contributed by atoms with van der Waals surface area (Å²) in [6, 6.07) is 12.5. The van der Waals surface area contributed by atoms with E-state index in [1.807, 2.05) is 36.4 Å². The van der Waals surface area contributed by atoms with Crippen LogP contribution in [-0.4, -0.2) is 30.3 Å². The van der Waals surface area contributed by atoms with Crippen LogP contribution < -0.4 is 0 Å². The molecular weight excluding hydrogens is 397 g/mol. The van der Waals surface area contributed by atoms with E-state index < -0.39 is 0 Å². The normalized spacial score (nSPS) is 21.2. The van der Waals surface area contributed by atoms with E-state index in [-0.39, 0.29) is 11.2 Å². The summed E-state index contributed by atoms with van der Waals surface area (Å²) in [5.41, 5.74) is 2.13. The summed E-state index contributed by atoms with van der Waals surface area (Å²) >= 11 is 6.01. The van der Waals surface area contributed by atoms with Crippen molar-refractivity contribution < 1.29 is 9.18 Å². The van der Waals surface area contributed by atoms with E-state index in [0.29, 0.717) is 28.7 Å². The first-order valence-corrected chi connectivity index (χ1v) is 10.7. The number of nitrogens with zero attached hydrogens (tertiary/aromatic N) is 1. The zero-order valence-electron chi connectivity index (χ0n) is 17.5. The molecule has 1 fully saturated rings. The second-order valence-corrected chi connectivity index (χ2v) is 8.99. The topological polar surface area (TPSA) is 20.3 Å². The first kappa shape index (κ1) is 22.5. The smallest absolute Gasteiger partial charge is 0.140 e. The van der Waals surface area contributed by atoms with Crippen LogP contribution in [0.3, 0.4) is 0 Å². The molecule has 2 aromatic carbocycles. The number of benzene rings is 2. The van der Waals surface area contributed by atoms with Crippen molar-refractivity contribution in [2.24, 2.45) is 11.3 Å². The van der Waals surface area contributed by atoms with E-state index in [2.05, 4.69) is 25.0 Å². The van der Waals surface area contributed by atoms with Gasteiger partial charge in [-0.15, -0.1) is 13.2 Å². The standard InChI is InChI=1S/C26H29ClFNO/c1-4-12-29(13-5-2)18-26(3)17-20(15-25(26)30)14-19-6-8-21(9-7-19)23-16-22(27)10-11-24(23)28/h4-11,16,20H,1-2,12-15,17-18H2,3H3/t20-,26-/m0/s1. The zero-order chi connectivity index (χ0) is 21.7. The fraction of sp³-hybridized carbons (Fsp3) is 0.346. The molecule has 0 unspecified atom stereocenters. The van der Waals surface area contributed by atoms with Crippen molar-refractivity contribution in [1.29, 1.82) is 0 Å². The maximum atomic E-state index is 14.1. The monoisotopic (exact) mass is 425 g/mol. The third-order valence-corrected chi connectivity index (χ3v) is 6.19. The van der Waals surface area contributed by atoms with Crippen molar-refractivity contribution in [2.75, 3.05) is 19.6 Å². The van der Waals surface area contributed by atoms with Gasteiger partial charge in [0.05, 0.1) is 0 Å². The van der Waals surface area contributed by atoms with E-state index in [4.69, 9.17) is 11.6 Å². The Kier molecular flexibility index (Phi) is 7.27. The predicted molar refractivity (Wildman–Crippen MR) is 123 cm³/mol. The lowest BCUT2D eigenvalue weighted by molar-refractivity contribution is -0.125. The van der Waals surface area contributed by atoms with Gasteiger partial charge in [0.25, 0.3) is 0 Å². The molecule has 158 valence electrons. The molecule has 0 heterocycles. The maximum Gasteiger partial charge on any atom is 0.140 e. The third-order valence-electron chi connectivity index (χ3n) is 5.95. The van der Waals surface area contributed by atoms with Crippen molar-refractivity contribution in [2.45, 2.75) is 26.2 Å². The van der Waals surface area contributed by atoms with Crippen LogP contribution >= 0.6 is 11.6 Å². The van der Waals surface area contributed by atoms with E-state index in [0.717, 1.165) is 43.6 Å². The van der Waals surface area contributed by atoms with Gasteiger partial charge in [-0.05, 0) is 48.1 Å². The Bertz CT molecular complexity index is 913. The van der Waals surface area contributed by atoms with Gasteiger partial charge >= 0.3 is 0 Å². The van der Waals surface area contributed by atoms with Crippen LogP contribution in [0.5, 0.6) is 0 Å². The summed E-state index contributed by atoms with van der Waals surface area (Å²) in [5, 5.41) is 0.515. The first-order chi connectivity index (χ1) is 14.3. The molecule has 2 nitrogen and oxygen atoms in total. The molecule has 0 aliphatic heterocycles. The largest absolute Gasteiger partial charge is 0.299 e. The summed E-state index contributed by atoms with van der Waals surface area (Å²) < 4.78 is 14.1. The number of hydrogen-bond donors (Lipinski definition) is 0. The van der Waals surface area contributed by atoms with Crippen molar-refractivity contribution in [3.8, 4) is 11.1 Å². The molecule has 0 amide bonds. The Hall–Kier alpha value is -2.23. The van der Waals surface area contributed by atoms with Crippen LogP contribution in [0.25, 0.3) is 11.1 Å². The first-order valence-electron chi connectivity index (χ1n) is 10.4. The van der Waals surface area contributed by atoms with Crippen LogP contribution in [0.4, 0.5) is 4.39 Å². The highest BCUT2D eigenvalue weighted by Gasteiger charge is 2.43. The Morgan fingerprint density at radius 2 is 1.83 bits per heavy atom. The number of carbonyl (C=O) groups is 1. The van der Waals surface area contributed by atoms with Gasteiger partial charge < -0.3 is 0 Å². The molecule has 3 rings (SSSR count). The van der Waals surface area contributed by atoms with Crippen LogP contribution in [0.1, 0.15) is 25.3 Å². The molecular formula is C26H29ClFNO. The average Bonchev–Trinajstić information content (AvgIpc) is 2.98. The number of ketones is 1. The van der Waals surface area contributed by atoms with Gasteiger partial charge in [-0.25, -0.2) is 4.39 Å². The molecule has 0 radical (unpaired) electrons. The van der Waals surface area contributed by atoms with Crippen LogP contribution in [-0.2, 0) is 11.2 Å². The van der Waals surface area contributed by atoms with Gasteiger partial charge in [0, 0.05) is 42.1 Å². The molecule has 1 saturated carbocycles. The van der Waals surface area contributed by atoms with E-state index in [9.17, 15) is 9.18 Å². The molecule has 4 heteroatoms. The van der Waals surface area contributed by atoms with Gasteiger partial charge in [-0.3, -0.25) is 9.69 Å². The SMILES string of the molecule is C=CCN(CC=C)C[C@]1(C)C[C@@H](Cc2ccc(-c3cc(Cl)ccc3F)cc2)CC1=O. The minimum atomic E-state index is -0.333. The van der Waals surface area contributed by atoms with Gasteiger partial charge in [0.2, 0.25) is 0 Å². The summed E-state index contributed by atoms with van der Waals surface area (Å²) in [7, 11) is 0. The number of Topliss-reactive ketones (excluding diaryl/α,β-unsaturated/α-hetero) is 1. The minimum absolute atomic E-state index is 0.284. The summed E-state index contributed by atoms with van der Waals surface area (Å²) in [5.74, 6) is 0.377. The third kappa shape index (κ3) is 5.27. The Morgan fingerprint density at radius 3 is 2.47 bits per heavy atom. The highest BCUT2D eigenvalue weighted by atomic mass is 35.5. The minimum Gasteiger partial charge on any atom is -0.299 e. The Labute approximate surface area is 184 Å². The van der Waals surface area contributed by atoms with Crippen LogP contribution in [0.2, 0.25) is 5.02 Å². The molecule has 0 spiro atoms. The molecule has 2 aromatic rings. The Balaban J connectivity index is 1.67. The molecule has 0 saturated heterocycles. The molecule has 1 aliphatic rings. The molecule has 0 aromatic heterocycles. The zero-order valence-corrected chi connectivity index (χ0v) is 18.3. The van der Waals surface area contributed by atoms with Gasteiger partial charge in [-0.1, -0.05) is 54.9 Å². The summed E-state index contributed by atoms with van der Waals surface area (Å²) in [6.45, 7) is 11.9.